The van der Waals surface area contributed by atoms with Crippen molar-refractivity contribution in [2.45, 2.75) is 0 Å². The Kier molecular flexibility index (Phi) is 4.49. The first-order valence-corrected chi connectivity index (χ1v) is 3.54. The van der Waals surface area contributed by atoms with Gasteiger partial charge in [0, 0.05) is 11.6 Å². The lowest BCUT2D eigenvalue weighted by molar-refractivity contribution is -0.385. The predicted octanol–water partition coefficient (Wildman–Crippen LogP) is 0.326. The van der Waals surface area contributed by atoms with E-state index in [9.17, 15) is 14.9 Å². The van der Waals surface area contributed by atoms with Crippen molar-refractivity contribution < 1.29 is 14.8 Å². The highest BCUT2D eigenvalue weighted by Gasteiger charge is 2.16. The molecule has 0 heterocycles. The summed E-state index contributed by atoms with van der Waals surface area (Å²) in [6, 6.07) is 3.23. The number of nitro groups is 1. The number of nitrogens with zero attached hydrogens (tertiary/aromatic N) is 1. The van der Waals surface area contributed by atoms with Crippen LogP contribution in [0.15, 0.2) is 18.2 Å². The number of phenols is 1. The lowest BCUT2D eigenvalue weighted by Gasteiger charge is -2.00. The number of hydrogen-bond donors (Lipinski definition) is 3. The quantitative estimate of drug-likeness (QED) is 0.294. The summed E-state index contributed by atoms with van der Waals surface area (Å²) in [7, 11) is 0. The molecule has 82 valence electrons. The summed E-state index contributed by atoms with van der Waals surface area (Å²) in [5.41, 5.74) is 1.30. The van der Waals surface area contributed by atoms with Gasteiger partial charge in [0.15, 0.2) is 5.75 Å². The van der Waals surface area contributed by atoms with Crippen LogP contribution in [0.25, 0.3) is 0 Å². The van der Waals surface area contributed by atoms with Crippen molar-refractivity contribution in [3.05, 3.63) is 33.9 Å². The number of nitro benzene ring substituents is 1. The summed E-state index contributed by atoms with van der Waals surface area (Å²) < 4.78 is 0. The van der Waals surface area contributed by atoms with E-state index in [0.717, 1.165) is 12.1 Å². The van der Waals surface area contributed by atoms with Crippen LogP contribution >= 0.6 is 12.4 Å². The van der Waals surface area contributed by atoms with Gasteiger partial charge >= 0.3 is 5.69 Å². The minimum absolute atomic E-state index is 0. The van der Waals surface area contributed by atoms with E-state index in [-0.39, 0.29) is 18.0 Å². The van der Waals surface area contributed by atoms with Crippen LogP contribution in [0.5, 0.6) is 5.75 Å². The van der Waals surface area contributed by atoms with Crippen molar-refractivity contribution in [2.75, 3.05) is 0 Å². The van der Waals surface area contributed by atoms with Crippen LogP contribution in [0, 0.1) is 10.1 Å². The Labute approximate surface area is 90.4 Å². The molecule has 1 amide bonds. The fourth-order valence-corrected chi connectivity index (χ4v) is 0.894. The molecule has 0 atom stereocenters. The molecule has 0 bridgehead atoms. The zero-order chi connectivity index (χ0) is 10.7. The van der Waals surface area contributed by atoms with E-state index in [2.05, 4.69) is 0 Å². The van der Waals surface area contributed by atoms with E-state index in [0.29, 0.717) is 0 Å². The molecule has 0 unspecified atom stereocenters. The topological polar surface area (TPSA) is 118 Å². The van der Waals surface area contributed by atoms with Gasteiger partial charge < -0.3 is 5.11 Å². The number of hydrogen-bond acceptors (Lipinski definition) is 5. The highest BCUT2D eigenvalue weighted by Crippen LogP contribution is 2.25. The number of phenolic OH excluding ortho intramolecular Hbond substituents is 1. The molecule has 0 aliphatic heterocycles. The van der Waals surface area contributed by atoms with Gasteiger partial charge in [-0.2, -0.15) is 0 Å². The third-order valence-electron chi connectivity index (χ3n) is 1.57. The second-order valence-electron chi connectivity index (χ2n) is 2.43. The molecule has 0 aliphatic rings. The van der Waals surface area contributed by atoms with Crippen molar-refractivity contribution in [3.63, 3.8) is 0 Å². The Morgan fingerprint density at radius 3 is 2.60 bits per heavy atom. The van der Waals surface area contributed by atoms with Crippen LogP contribution in [0.4, 0.5) is 5.69 Å². The lowest BCUT2D eigenvalue weighted by atomic mass is 10.2. The molecule has 8 heteroatoms. The summed E-state index contributed by atoms with van der Waals surface area (Å²) >= 11 is 0. The molecule has 7 nitrogen and oxygen atoms in total. The Bertz CT molecular complexity index is 396. The summed E-state index contributed by atoms with van der Waals surface area (Å²) in [6.07, 6.45) is 0. The molecule has 15 heavy (non-hydrogen) atoms. The first-order valence-electron chi connectivity index (χ1n) is 3.54. The molecule has 1 aromatic carbocycles. The van der Waals surface area contributed by atoms with Gasteiger partial charge in [-0.05, 0) is 12.1 Å². The first-order chi connectivity index (χ1) is 6.56. The second kappa shape index (κ2) is 5.13. The molecule has 0 aromatic heterocycles. The van der Waals surface area contributed by atoms with Gasteiger partial charge in [0.05, 0.1) is 4.92 Å². The molecule has 1 aromatic rings. The molecular formula is C7H8ClN3O4. The Morgan fingerprint density at radius 1 is 1.53 bits per heavy atom. The summed E-state index contributed by atoms with van der Waals surface area (Å²) in [5.74, 6) is 3.68. The van der Waals surface area contributed by atoms with Crippen LogP contribution < -0.4 is 11.3 Å². The summed E-state index contributed by atoms with van der Waals surface area (Å²) in [6.45, 7) is 0. The van der Waals surface area contributed by atoms with Gasteiger partial charge in [0.2, 0.25) is 0 Å². The normalized spacial score (nSPS) is 8.87. The van der Waals surface area contributed by atoms with Crippen molar-refractivity contribution in [1.29, 1.82) is 0 Å². The Balaban J connectivity index is 0.00000196. The van der Waals surface area contributed by atoms with Gasteiger partial charge in [0.1, 0.15) is 0 Å². The van der Waals surface area contributed by atoms with Crippen molar-refractivity contribution >= 4 is 24.0 Å². The van der Waals surface area contributed by atoms with E-state index in [1.54, 1.807) is 0 Å². The maximum atomic E-state index is 11.0. The highest BCUT2D eigenvalue weighted by molar-refractivity contribution is 5.94. The van der Waals surface area contributed by atoms with Crippen LogP contribution in [0.3, 0.4) is 0 Å². The number of nitrogens with one attached hydrogen (secondary N) is 1. The number of nitrogen functional groups attached to an aromatic ring is 1. The predicted molar refractivity (Wildman–Crippen MR) is 53.7 cm³/mol. The van der Waals surface area contributed by atoms with Crippen LogP contribution in [0.2, 0.25) is 0 Å². The van der Waals surface area contributed by atoms with Crippen LogP contribution in [-0.2, 0) is 0 Å². The highest BCUT2D eigenvalue weighted by atomic mass is 35.5. The fraction of sp³-hybridized carbons (Fsp3) is 0. The van der Waals surface area contributed by atoms with E-state index in [1.807, 2.05) is 5.43 Å². The van der Waals surface area contributed by atoms with Gasteiger partial charge in [-0.15, -0.1) is 12.4 Å². The monoisotopic (exact) mass is 233 g/mol. The molecule has 1 rings (SSSR count). The van der Waals surface area contributed by atoms with E-state index >= 15 is 0 Å². The standard InChI is InChI=1S/C7H7N3O4.ClH/c8-9-7(12)4-1-2-6(11)5(3-4)10(13)14;/h1-3,11H,8H2,(H,9,12);1H. The maximum Gasteiger partial charge on any atom is 0.311 e. The average molecular weight is 234 g/mol. The largest absolute Gasteiger partial charge is 0.502 e. The third-order valence-corrected chi connectivity index (χ3v) is 1.57. The fourth-order valence-electron chi connectivity index (χ4n) is 0.894. The Morgan fingerprint density at radius 2 is 2.13 bits per heavy atom. The maximum absolute atomic E-state index is 11.0. The minimum atomic E-state index is -0.789. The number of benzene rings is 1. The van der Waals surface area contributed by atoms with Crippen LogP contribution in [0.1, 0.15) is 10.4 Å². The van der Waals surface area contributed by atoms with E-state index < -0.39 is 22.3 Å². The van der Waals surface area contributed by atoms with E-state index in [1.165, 1.54) is 6.07 Å². The van der Waals surface area contributed by atoms with Gasteiger partial charge in [0.25, 0.3) is 5.91 Å². The molecule has 0 saturated carbocycles. The number of halogens is 1. The smallest absolute Gasteiger partial charge is 0.311 e. The van der Waals surface area contributed by atoms with Crippen molar-refractivity contribution in [2.24, 2.45) is 5.84 Å². The van der Waals surface area contributed by atoms with Crippen molar-refractivity contribution in [1.82, 2.24) is 5.43 Å². The average Bonchev–Trinajstić information content (AvgIpc) is 2.17. The molecular weight excluding hydrogens is 226 g/mol. The zero-order valence-electron chi connectivity index (χ0n) is 7.34. The van der Waals surface area contributed by atoms with Gasteiger partial charge in [-0.3, -0.25) is 20.3 Å². The number of carbonyl (C=O) groups is 1. The first kappa shape index (κ1) is 13.1. The zero-order valence-corrected chi connectivity index (χ0v) is 8.15. The lowest BCUT2D eigenvalue weighted by Crippen LogP contribution is -2.29. The SMILES string of the molecule is Cl.NNC(=O)c1ccc(O)c([N+](=O)[O-])c1. The summed E-state index contributed by atoms with van der Waals surface area (Å²) in [5, 5.41) is 19.4. The third kappa shape index (κ3) is 2.79. The van der Waals surface area contributed by atoms with Crippen molar-refractivity contribution in [3.8, 4) is 5.75 Å². The van der Waals surface area contributed by atoms with E-state index in [4.69, 9.17) is 10.9 Å². The minimum Gasteiger partial charge on any atom is -0.502 e. The molecule has 0 fully saturated rings. The van der Waals surface area contributed by atoms with Crippen LogP contribution in [-0.4, -0.2) is 15.9 Å². The number of amides is 1. The number of rotatable bonds is 2. The molecule has 4 N–H and O–H groups in total. The molecule has 0 radical (unpaired) electrons. The summed E-state index contributed by atoms with van der Waals surface area (Å²) in [4.78, 5) is 20.5. The number of nitrogens with two attached hydrogens (primary N) is 1. The number of aromatic hydroxyl groups is 1. The second-order valence-corrected chi connectivity index (χ2v) is 2.43. The van der Waals surface area contributed by atoms with Gasteiger partial charge in [-0.1, -0.05) is 0 Å². The molecule has 0 aliphatic carbocycles. The molecule has 0 saturated heterocycles. The Hall–Kier alpha value is -1.86. The number of hydrazine groups is 1. The number of carbonyl (C=O) groups excluding carboxylic acids is 1. The van der Waals surface area contributed by atoms with Gasteiger partial charge in [-0.25, -0.2) is 5.84 Å². The molecule has 0 spiro atoms.